The normalized spacial score (nSPS) is 15.5. The Bertz CT molecular complexity index is 1440. The molecule has 10 heteroatoms. The van der Waals surface area contributed by atoms with Gasteiger partial charge >= 0.3 is 0 Å². The van der Waals surface area contributed by atoms with Gasteiger partial charge in [-0.2, -0.15) is 0 Å². The molecule has 3 aromatic carbocycles. The molecule has 0 spiro atoms. The van der Waals surface area contributed by atoms with Gasteiger partial charge in [0, 0.05) is 6.07 Å². The van der Waals surface area contributed by atoms with Crippen molar-refractivity contribution >= 4 is 22.1 Å². The van der Waals surface area contributed by atoms with Crippen molar-refractivity contribution in [3.63, 3.8) is 0 Å². The first-order chi connectivity index (χ1) is 15.2. The lowest BCUT2D eigenvalue weighted by molar-refractivity contribution is 0.260. The maximum absolute atomic E-state index is 11.3. The number of para-hydroxylation sites is 2. The molecule has 2 N–H and O–H groups in total. The van der Waals surface area contributed by atoms with E-state index in [1.807, 2.05) is 36.4 Å². The summed E-state index contributed by atoms with van der Waals surface area (Å²) in [5.41, 5.74) is 2.88. The monoisotopic (exact) mass is 416 g/mol. The molecular weight excluding hydrogens is 400 g/mol. The van der Waals surface area contributed by atoms with Crippen LogP contribution in [0.15, 0.2) is 54.6 Å². The van der Waals surface area contributed by atoms with Gasteiger partial charge in [0.15, 0.2) is 22.9 Å². The van der Waals surface area contributed by atoms with Crippen LogP contribution >= 0.6 is 0 Å². The second-order valence-corrected chi connectivity index (χ2v) is 7.19. The SMILES string of the molecule is Oc1cc(OCC2CO2)c(-n2nnc3ccccc32)c(O)c1-n1nnc2ccccc21. The fourth-order valence-electron chi connectivity index (χ4n) is 3.55. The molecule has 3 heterocycles. The van der Waals surface area contributed by atoms with Crippen molar-refractivity contribution in [1.82, 2.24) is 30.0 Å². The summed E-state index contributed by atoms with van der Waals surface area (Å²) in [5, 5.41) is 38.8. The minimum atomic E-state index is -0.266. The van der Waals surface area contributed by atoms with Crippen LogP contribution in [0.4, 0.5) is 0 Å². The fourth-order valence-corrected chi connectivity index (χ4v) is 3.55. The van der Waals surface area contributed by atoms with Gasteiger partial charge in [-0.3, -0.25) is 0 Å². The van der Waals surface area contributed by atoms with E-state index in [1.165, 1.54) is 15.4 Å². The topological polar surface area (TPSA) is 124 Å². The quantitative estimate of drug-likeness (QED) is 0.419. The predicted molar refractivity (Wildman–Crippen MR) is 110 cm³/mol. The first-order valence-corrected chi connectivity index (χ1v) is 9.65. The molecule has 2 aromatic heterocycles. The van der Waals surface area contributed by atoms with Crippen LogP contribution < -0.4 is 4.74 Å². The number of epoxide rings is 1. The van der Waals surface area contributed by atoms with Gasteiger partial charge in [-0.05, 0) is 24.3 Å². The highest BCUT2D eigenvalue weighted by Gasteiger charge is 2.28. The Morgan fingerprint density at radius 3 is 2.10 bits per heavy atom. The van der Waals surface area contributed by atoms with E-state index in [-0.39, 0.29) is 41.3 Å². The Morgan fingerprint density at radius 1 is 0.903 bits per heavy atom. The van der Waals surface area contributed by atoms with Crippen molar-refractivity contribution < 1.29 is 19.7 Å². The lowest BCUT2D eigenvalue weighted by Gasteiger charge is -2.17. The largest absolute Gasteiger partial charge is 0.505 e. The third-order valence-corrected chi connectivity index (χ3v) is 5.15. The number of ether oxygens (including phenoxy) is 2. The van der Waals surface area contributed by atoms with E-state index in [4.69, 9.17) is 9.47 Å². The van der Waals surface area contributed by atoms with Gasteiger partial charge in [-0.25, -0.2) is 9.36 Å². The lowest BCUT2D eigenvalue weighted by atomic mass is 10.2. The molecule has 6 rings (SSSR count). The second-order valence-electron chi connectivity index (χ2n) is 7.19. The van der Waals surface area contributed by atoms with E-state index in [2.05, 4.69) is 20.6 Å². The molecule has 0 amide bonds. The molecule has 1 unspecified atom stereocenters. The summed E-state index contributed by atoms with van der Waals surface area (Å²) in [6.45, 7) is 0.896. The molecule has 1 atom stereocenters. The Labute approximate surface area is 174 Å². The van der Waals surface area contributed by atoms with E-state index >= 15 is 0 Å². The number of nitrogens with zero attached hydrogens (tertiary/aromatic N) is 6. The van der Waals surface area contributed by atoms with Crippen molar-refractivity contribution in [3.05, 3.63) is 54.6 Å². The molecule has 1 saturated heterocycles. The first-order valence-electron chi connectivity index (χ1n) is 9.65. The van der Waals surface area contributed by atoms with E-state index in [9.17, 15) is 10.2 Å². The van der Waals surface area contributed by atoms with E-state index in [0.29, 0.717) is 28.7 Å². The van der Waals surface area contributed by atoms with Crippen molar-refractivity contribution in [2.24, 2.45) is 0 Å². The van der Waals surface area contributed by atoms with Gasteiger partial charge in [0.1, 0.15) is 29.5 Å². The lowest BCUT2D eigenvalue weighted by Crippen LogP contribution is -2.10. The maximum Gasteiger partial charge on any atom is 0.175 e. The number of phenols is 2. The van der Waals surface area contributed by atoms with Crippen LogP contribution in [0.5, 0.6) is 17.2 Å². The summed E-state index contributed by atoms with van der Waals surface area (Å²) in [6, 6.07) is 16.1. The number of benzene rings is 3. The van der Waals surface area contributed by atoms with Crippen LogP contribution in [0.25, 0.3) is 33.4 Å². The van der Waals surface area contributed by atoms with E-state index < -0.39 is 0 Å². The molecule has 0 saturated carbocycles. The van der Waals surface area contributed by atoms with Crippen molar-refractivity contribution in [2.45, 2.75) is 6.10 Å². The zero-order valence-corrected chi connectivity index (χ0v) is 16.1. The number of phenolic OH excluding ortho intramolecular Hbond substituents is 2. The van der Waals surface area contributed by atoms with Gasteiger partial charge in [-0.1, -0.05) is 34.7 Å². The number of aromatic hydroxyl groups is 2. The molecule has 1 fully saturated rings. The van der Waals surface area contributed by atoms with Crippen molar-refractivity contribution in [1.29, 1.82) is 0 Å². The molecular formula is C21H16N6O4. The van der Waals surface area contributed by atoms with Gasteiger partial charge in [0.2, 0.25) is 0 Å². The molecule has 31 heavy (non-hydrogen) atoms. The fraction of sp³-hybridized carbons (Fsp3) is 0.143. The number of rotatable bonds is 5. The molecule has 0 radical (unpaired) electrons. The van der Waals surface area contributed by atoms with Crippen molar-refractivity contribution in [3.8, 4) is 28.6 Å². The number of fused-ring (bicyclic) bond motifs is 2. The van der Waals surface area contributed by atoms with Crippen molar-refractivity contribution in [2.75, 3.05) is 13.2 Å². The number of hydrogen-bond acceptors (Lipinski definition) is 8. The third-order valence-electron chi connectivity index (χ3n) is 5.15. The van der Waals surface area contributed by atoms with Crippen LogP contribution in [0, 0.1) is 0 Å². The third kappa shape index (κ3) is 2.84. The van der Waals surface area contributed by atoms with Gasteiger partial charge < -0.3 is 19.7 Å². The molecule has 0 aliphatic carbocycles. The van der Waals surface area contributed by atoms with Crippen LogP contribution in [-0.2, 0) is 4.74 Å². The zero-order chi connectivity index (χ0) is 20.9. The number of aromatic nitrogens is 6. The summed E-state index contributed by atoms with van der Waals surface area (Å²) in [4.78, 5) is 0. The van der Waals surface area contributed by atoms with Gasteiger partial charge in [0.05, 0.1) is 17.6 Å². The minimum Gasteiger partial charge on any atom is -0.505 e. The summed E-state index contributed by atoms with van der Waals surface area (Å²) >= 11 is 0. The molecule has 1 aliphatic rings. The van der Waals surface area contributed by atoms with E-state index in [1.54, 1.807) is 12.1 Å². The summed E-state index contributed by atoms with van der Waals surface area (Å²) < 4.78 is 14.0. The summed E-state index contributed by atoms with van der Waals surface area (Å²) in [5.74, 6) is -0.236. The standard InChI is InChI=1S/C21H16N6O4/c28-17-9-18(31-11-12-10-30-12)20(27-16-8-4-2-6-14(16)23-25-27)21(29)19(17)26-15-7-3-1-5-13(15)22-24-26/h1-9,12,28-29H,10-11H2. The van der Waals surface area contributed by atoms with E-state index in [0.717, 1.165) is 0 Å². The Morgan fingerprint density at radius 2 is 1.48 bits per heavy atom. The second kappa shape index (κ2) is 6.67. The Balaban J connectivity index is 1.61. The van der Waals surface area contributed by atoms with Crippen LogP contribution in [0.1, 0.15) is 0 Å². The predicted octanol–water partition coefficient (Wildman–Crippen LogP) is 2.34. The first kappa shape index (κ1) is 17.7. The van der Waals surface area contributed by atoms with Crippen LogP contribution in [0.2, 0.25) is 0 Å². The van der Waals surface area contributed by atoms with Gasteiger partial charge in [-0.15, -0.1) is 10.2 Å². The number of hydrogen-bond donors (Lipinski definition) is 2. The molecule has 10 nitrogen and oxygen atoms in total. The average Bonchev–Trinajstić information content (AvgIpc) is 3.38. The summed E-state index contributed by atoms with van der Waals surface area (Å²) in [7, 11) is 0. The molecule has 1 aliphatic heterocycles. The summed E-state index contributed by atoms with van der Waals surface area (Å²) in [6.07, 6.45) is -0.0106. The Kier molecular flexibility index (Phi) is 3.80. The zero-order valence-electron chi connectivity index (χ0n) is 16.1. The van der Waals surface area contributed by atoms with Gasteiger partial charge in [0.25, 0.3) is 0 Å². The highest BCUT2D eigenvalue weighted by atomic mass is 16.6. The molecule has 154 valence electrons. The molecule has 5 aromatic rings. The molecule has 0 bridgehead atoms. The van der Waals surface area contributed by atoms with Crippen LogP contribution in [0.3, 0.4) is 0 Å². The Hall–Kier alpha value is -4.18. The average molecular weight is 416 g/mol. The smallest absolute Gasteiger partial charge is 0.175 e. The highest BCUT2D eigenvalue weighted by Crippen LogP contribution is 2.44. The minimum absolute atomic E-state index is 0.0106. The van der Waals surface area contributed by atoms with Crippen LogP contribution in [-0.4, -0.2) is 59.5 Å². The highest BCUT2D eigenvalue weighted by molar-refractivity contribution is 5.82. The maximum atomic E-state index is 11.3.